The van der Waals surface area contributed by atoms with Crippen molar-refractivity contribution in [2.45, 2.75) is 26.2 Å². The topological polar surface area (TPSA) is 60.5 Å². The molecule has 3 rings (SSSR count). The molecule has 0 atom stereocenters. The third-order valence-corrected chi connectivity index (χ3v) is 5.30. The summed E-state index contributed by atoms with van der Waals surface area (Å²) in [5.74, 6) is 1.66. The Morgan fingerprint density at radius 1 is 1.11 bits per heavy atom. The molecule has 28 heavy (non-hydrogen) atoms. The van der Waals surface area contributed by atoms with Crippen molar-refractivity contribution in [1.82, 2.24) is 4.98 Å². The highest BCUT2D eigenvalue weighted by atomic mass is 32.1. The van der Waals surface area contributed by atoms with Crippen molar-refractivity contribution in [2.24, 2.45) is 0 Å². The molecule has 0 spiro atoms. The first-order valence-electron chi connectivity index (χ1n) is 9.06. The Hall–Kier alpha value is -2.86. The van der Waals surface area contributed by atoms with E-state index in [2.05, 4.69) is 30.2 Å². The van der Waals surface area contributed by atoms with E-state index < -0.39 is 0 Å². The van der Waals surface area contributed by atoms with Crippen molar-refractivity contribution < 1.29 is 14.3 Å². The zero-order valence-corrected chi connectivity index (χ0v) is 17.3. The minimum absolute atomic E-state index is 0.0786. The van der Waals surface area contributed by atoms with Crippen LogP contribution in [-0.2, 0) is 11.2 Å². The number of nitrogens with one attached hydrogen (secondary N) is 1. The van der Waals surface area contributed by atoms with E-state index in [4.69, 9.17) is 9.47 Å². The first kappa shape index (κ1) is 19.9. The fourth-order valence-corrected chi connectivity index (χ4v) is 3.65. The van der Waals surface area contributed by atoms with Crippen LogP contribution >= 0.6 is 11.3 Å². The molecular formula is C22H24N2O3S. The minimum Gasteiger partial charge on any atom is -0.493 e. The number of thiazole rings is 1. The molecule has 0 aliphatic rings. The zero-order valence-electron chi connectivity index (χ0n) is 16.5. The van der Waals surface area contributed by atoms with Crippen LogP contribution in [0.15, 0.2) is 47.8 Å². The highest BCUT2D eigenvalue weighted by Crippen LogP contribution is 2.33. The van der Waals surface area contributed by atoms with Crippen LogP contribution in [0.1, 0.15) is 31.0 Å². The van der Waals surface area contributed by atoms with E-state index in [0.717, 1.165) is 22.0 Å². The lowest BCUT2D eigenvalue weighted by Gasteiger charge is -2.09. The van der Waals surface area contributed by atoms with Crippen molar-refractivity contribution in [2.75, 3.05) is 19.5 Å². The molecule has 1 N–H and O–H groups in total. The van der Waals surface area contributed by atoms with Gasteiger partial charge in [-0.25, -0.2) is 4.98 Å². The molecule has 5 nitrogen and oxygen atoms in total. The van der Waals surface area contributed by atoms with Crippen LogP contribution < -0.4 is 14.8 Å². The zero-order chi connectivity index (χ0) is 20.1. The number of methoxy groups -OCH3 is 2. The molecule has 0 aliphatic carbocycles. The Labute approximate surface area is 169 Å². The summed E-state index contributed by atoms with van der Waals surface area (Å²) in [6.07, 6.45) is 0.232. The normalized spacial score (nSPS) is 10.8. The highest BCUT2D eigenvalue weighted by Gasteiger charge is 2.12. The molecule has 1 heterocycles. The summed E-state index contributed by atoms with van der Waals surface area (Å²) in [5, 5.41) is 5.71. The Balaban J connectivity index is 1.69. The standard InChI is InChI=1S/C22H24N2O3S/c1-14(2)15-6-5-7-17(10-15)23-21(25)12-18-13-28-22(24-18)16-8-9-19(26-3)20(11-16)27-4/h5-11,13-14H,12H2,1-4H3,(H,23,25). The maximum Gasteiger partial charge on any atom is 0.230 e. The monoisotopic (exact) mass is 396 g/mol. The number of ether oxygens (including phenoxy) is 2. The van der Waals surface area contributed by atoms with Gasteiger partial charge in [-0.05, 0) is 41.8 Å². The largest absolute Gasteiger partial charge is 0.493 e. The minimum atomic E-state index is -0.0786. The number of carbonyl (C=O) groups is 1. The average Bonchev–Trinajstić information content (AvgIpc) is 3.15. The molecule has 0 unspecified atom stereocenters. The van der Waals surface area contributed by atoms with Crippen molar-refractivity contribution >= 4 is 22.9 Å². The summed E-state index contributed by atoms with van der Waals surface area (Å²) < 4.78 is 10.6. The molecule has 1 amide bonds. The molecule has 0 bridgehead atoms. The molecule has 1 aromatic heterocycles. The SMILES string of the molecule is COc1ccc(-c2nc(CC(=O)Nc3cccc(C(C)C)c3)cs2)cc1OC. The second-order valence-electron chi connectivity index (χ2n) is 6.72. The number of hydrogen-bond donors (Lipinski definition) is 1. The van der Waals surface area contributed by atoms with Gasteiger partial charge in [-0.3, -0.25) is 4.79 Å². The predicted octanol–water partition coefficient (Wildman–Crippen LogP) is 5.13. The Morgan fingerprint density at radius 2 is 1.89 bits per heavy atom. The number of anilines is 1. The molecular weight excluding hydrogens is 372 g/mol. The molecule has 0 aliphatic heterocycles. The Morgan fingerprint density at radius 3 is 2.61 bits per heavy atom. The summed E-state index contributed by atoms with van der Waals surface area (Å²) in [5.41, 5.74) is 3.68. The van der Waals surface area contributed by atoms with Crippen LogP contribution in [0.5, 0.6) is 11.5 Å². The van der Waals surface area contributed by atoms with Crippen molar-refractivity contribution in [3.05, 3.63) is 59.1 Å². The maximum absolute atomic E-state index is 12.4. The van der Waals surface area contributed by atoms with Gasteiger partial charge in [-0.15, -0.1) is 11.3 Å². The number of carbonyl (C=O) groups excluding carboxylic acids is 1. The summed E-state index contributed by atoms with van der Waals surface area (Å²) in [7, 11) is 3.21. The van der Waals surface area contributed by atoms with Crippen molar-refractivity contribution in [3.63, 3.8) is 0 Å². The lowest BCUT2D eigenvalue weighted by Crippen LogP contribution is -2.14. The van der Waals surface area contributed by atoms with Gasteiger partial charge in [0.05, 0.1) is 26.3 Å². The predicted molar refractivity (Wildman–Crippen MR) is 114 cm³/mol. The van der Waals surface area contributed by atoms with Crippen LogP contribution in [0.3, 0.4) is 0 Å². The van der Waals surface area contributed by atoms with Crippen LogP contribution in [0.4, 0.5) is 5.69 Å². The summed E-state index contributed by atoms with van der Waals surface area (Å²) >= 11 is 1.50. The molecule has 0 radical (unpaired) electrons. The highest BCUT2D eigenvalue weighted by molar-refractivity contribution is 7.13. The molecule has 2 aromatic carbocycles. The third-order valence-electron chi connectivity index (χ3n) is 4.36. The summed E-state index contributed by atoms with van der Waals surface area (Å²) in [4.78, 5) is 17.0. The first-order chi connectivity index (χ1) is 13.5. The molecule has 0 fully saturated rings. The molecule has 3 aromatic rings. The fourth-order valence-electron chi connectivity index (χ4n) is 2.84. The van der Waals surface area contributed by atoms with E-state index in [1.165, 1.54) is 16.9 Å². The van der Waals surface area contributed by atoms with Gasteiger partial charge >= 0.3 is 0 Å². The fraction of sp³-hybridized carbons (Fsp3) is 0.273. The number of hydrogen-bond acceptors (Lipinski definition) is 5. The van der Waals surface area contributed by atoms with E-state index in [0.29, 0.717) is 17.4 Å². The van der Waals surface area contributed by atoms with Crippen LogP contribution in [-0.4, -0.2) is 25.1 Å². The van der Waals surface area contributed by atoms with Crippen LogP contribution in [0.2, 0.25) is 0 Å². The third kappa shape index (κ3) is 4.70. The number of rotatable bonds is 7. The van der Waals surface area contributed by atoms with E-state index >= 15 is 0 Å². The van der Waals surface area contributed by atoms with E-state index in [9.17, 15) is 4.79 Å². The lowest BCUT2D eigenvalue weighted by atomic mass is 10.0. The first-order valence-corrected chi connectivity index (χ1v) is 9.94. The Bertz CT molecular complexity index is 966. The number of amides is 1. The van der Waals surface area contributed by atoms with Crippen LogP contribution in [0, 0.1) is 0 Å². The molecule has 0 saturated carbocycles. The summed E-state index contributed by atoms with van der Waals surface area (Å²) in [6, 6.07) is 13.6. The van der Waals surface area contributed by atoms with Gasteiger partial charge in [0.2, 0.25) is 5.91 Å². The molecule has 0 saturated heterocycles. The van der Waals surface area contributed by atoms with E-state index in [1.54, 1.807) is 14.2 Å². The lowest BCUT2D eigenvalue weighted by molar-refractivity contribution is -0.115. The van der Waals surface area contributed by atoms with Gasteiger partial charge in [-0.2, -0.15) is 0 Å². The van der Waals surface area contributed by atoms with Gasteiger partial charge in [0.25, 0.3) is 0 Å². The Kier molecular flexibility index (Phi) is 6.31. The average molecular weight is 397 g/mol. The second kappa shape index (κ2) is 8.89. The molecule has 6 heteroatoms. The van der Waals surface area contributed by atoms with E-state index in [1.807, 2.05) is 41.8 Å². The number of aromatic nitrogens is 1. The second-order valence-corrected chi connectivity index (χ2v) is 7.58. The quantitative estimate of drug-likeness (QED) is 0.601. The number of nitrogens with zero attached hydrogens (tertiary/aromatic N) is 1. The van der Waals surface area contributed by atoms with Gasteiger partial charge in [0, 0.05) is 16.6 Å². The maximum atomic E-state index is 12.4. The van der Waals surface area contributed by atoms with E-state index in [-0.39, 0.29) is 12.3 Å². The van der Waals surface area contributed by atoms with Gasteiger partial charge in [-0.1, -0.05) is 26.0 Å². The smallest absolute Gasteiger partial charge is 0.230 e. The number of benzene rings is 2. The van der Waals surface area contributed by atoms with Gasteiger partial charge in [0.1, 0.15) is 5.01 Å². The summed E-state index contributed by atoms with van der Waals surface area (Å²) in [6.45, 7) is 4.26. The molecule has 146 valence electrons. The van der Waals surface area contributed by atoms with Crippen LogP contribution in [0.25, 0.3) is 10.6 Å². The van der Waals surface area contributed by atoms with Gasteiger partial charge in [0.15, 0.2) is 11.5 Å². The van der Waals surface area contributed by atoms with Gasteiger partial charge < -0.3 is 14.8 Å². The van der Waals surface area contributed by atoms with Crippen molar-refractivity contribution in [3.8, 4) is 22.1 Å². The van der Waals surface area contributed by atoms with Crippen molar-refractivity contribution in [1.29, 1.82) is 0 Å².